The number of carbonyl (C=O) groups is 1. The number of carbonyl (C=O) groups excluding carboxylic acids is 1. The molecule has 1 atom stereocenters. The first kappa shape index (κ1) is 17.0. The highest BCUT2D eigenvalue weighted by Gasteiger charge is 2.10. The van der Waals surface area contributed by atoms with Crippen molar-refractivity contribution in [2.24, 2.45) is 5.73 Å². The van der Waals surface area contributed by atoms with E-state index in [4.69, 9.17) is 10.5 Å². The molecule has 2 aromatic rings. The first-order chi connectivity index (χ1) is 11.1. The van der Waals surface area contributed by atoms with Crippen LogP contribution in [-0.2, 0) is 11.3 Å². The largest absolute Gasteiger partial charge is 0.361 e. The van der Waals surface area contributed by atoms with Gasteiger partial charge in [0.25, 0.3) is 0 Å². The van der Waals surface area contributed by atoms with Gasteiger partial charge in [0.15, 0.2) is 0 Å². The first-order valence-corrected chi connectivity index (χ1v) is 7.99. The number of thiophene rings is 1. The molecule has 23 heavy (non-hydrogen) atoms. The van der Waals surface area contributed by atoms with Crippen molar-refractivity contribution in [2.45, 2.75) is 19.6 Å². The van der Waals surface area contributed by atoms with Crippen LogP contribution in [0, 0.1) is 11.8 Å². The smallest absolute Gasteiger partial charge is 0.338 e. The van der Waals surface area contributed by atoms with Gasteiger partial charge in [0.1, 0.15) is 6.10 Å². The van der Waals surface area contributed by atoms with Gasteiger partial charge >= 0.3 is 6.03 Å². The molecule has 0 saturated heterocycles. The third-order valence-electron chi connectivity index (χ3n) is 3.05. The number of hydroxylamine groups is 2. The number of benzene rings is 1. The molecule has 6 heteroatoms. The molecule has 0 spiro atoms. The highest BCUT2D eigenvalue weighted by molar-refractivity contribution is 7.10. The standard InChI is InChI=1S/C17H18N2O3S/c1-2-22-16(10-9-15-4-3-11-23-15)14-7-5-13(6-8-14)12-19(21)17(18)20/h3-8,11,16,21H,2,12H2,1H3,(H2,18,20). The Kier molecular flexibility index (Phi) is 6.18. The maximum Gasteiger partial charge on any atom is 0.338 e. The van der Waals surface area contributed by atoms with E-state index in [0.29, 0.717) is 11.7 Å². The summed E-state index contributed by atoms with van der Waals surface area (Å²) >= 11 is 1.58. The topological polar surface area (TPSA) is 75.8 Å². The first-order valence-electron chi connectivity index (χ1n) is 7.11. The lowest BCUT2D eigenvalue weighted by atomic mass is 10.1. The quantitative estimate of drug-likeness (QED) is 0.502. The van der Waals surface area contributed by atoms with Crippen molar-refractivity contribution in [1.29, 1.82) is 0 Å². The third-order valence-corrected chi connectivity index (χ3v) is 3.84. The maximum atomic E-state index is 10.8. The number of nitrogens with zero attached hydrogens (tertiary/aromatic N) is 1. The Bertz CT molecular complexity index is 687. The average molecular weight is 330 g/mol. The lowest BCUT2D eigenvalue weighted by Crippen LogP contribution is -2.31. The second-order valence-corrected chi connectivity index (χ2v) is 5.67. The lowest BCUT2D eigenvalue weighted by Gasteiger charge is -2.14. The molecule has 3 N–H and O–H groups in total. The second kappa shape index (κ2) is 8.34. The summed E-state index contributed by atoms with van der Waals surface area (Å²) in [5.74, 6) is 6.23. The summed E-state index contributed by atoms with van der Waals surface area (Å²) < 4.78 is 5.68. The molecule has 1 unspecified atom stereocenters. The van der Waals surface area contributed by atoms with Gasteiger partial charge < -0.3 is 10.5 Å². The van der Waals surface area contributed by atoms with Crippen LogP contribution in [0.2, 0.25) is 0 Å². The number of nitrogens with two attached hydrogens (primary N) is 1. The normalized spacial score (nSPS) is 11.4. The summed E-state index contributed by atoms with van der Waals surface area (Å²) in [4.78, 5) is 11.8. The molecule has 2 rings (SSSR count). The summed E-state index contributed by atoms with van der Waals surface area (Å²) in [5, 5.41) is 11.8. The number of urea groups is 1. The Morgan fingerprint density at radius 1 is 1.39 bits per heavy atom. The molecule has 0 fully saturated rings. The van der Waals surface area contributed by atoms with Crippen molar-refractivity contribution >= 4 is 17.4 Å². The maximum absolute atomic E-state index is 10.8. The zero-order chi connectivity index (χ0) is 16.7. The predicted octanol–water partition coefficient (Wildman–Crippen LogP) is 3.15. The van der Waals surface area contributed by atoms with Crippen molar-refractivity contribution in [3.63, 3.8) is 0 Å². The molecule has 0 aliphatic carbocycles. The van der Waals surface area contributed by atoms with Crippen LogP contribution in [-0.4, -0.2) is 22.9 Å². The van der Waals surface area contributed by atoms with Crippen LogP contribution in [0.4, 0.5) is 4.79 Å². The average Bonchev–Trinajstić information content (AvgIpc) is 3.05. The Morgan fingerprint density at radius 2 is 2.13 bits per heavy atom. The molecule has 0 aliphatic heterocycles. The van der Waals surface area contributed by atoms with Gasteiger partial charge in [-0.2, -0.15) is 0 Å². The van der Waals surface area contributed by atoms with E-state index in [9.17, 15) is 10.0 Å². The molecular formula is C17H18N2O3S. The van der Waals surface area contributed by atoms with Gasteiger partial charge in [0, 0.05) is 6.61 Å². The molecule has 5 nitrogen and oxygen atoms in total. The number of amides is 2. The molecule has 1 aromatic heterocycles. The minimum atomic E-state index is -0.886. The Morgan fingerprint density at radius 3 is 2.70 bits per heavy atom. The summed E-state index contributed by atoms with van der Waals surface area (Å²) in [5.41, 5.74) is 6.67. The molecule has 2 amide bonds. The molecule has 0 radical (unpaired) electrons. The van der Waals surface area contributed by atoms with Gasteiger partial charge in [-0.1, -0.05) is 42.2 Å². The minimum Gasteiger partial charge on any atom is -0.361 e. The molecular weight excluding hydrogens is 312 g/mol. The van der Waals surface area contributed by atoms with Crippen LogP contribution in [0.5, 0.6) is 0 Å². The van der Waals surface area contributed by atoms with Crippen molar-refractivity contribution in [3.05, 3.63) is 57.8 Å². The predicted molar refractivity (Wildman–Crippen MR) is 88.9 cm³/mol. The number of hydrogen-bond acceptors (Lipinski definition) is 4. The minimum absolute atomic E-state index is 0.0375. The highest BCUT2D eigenvalue weighted by Crippen LogP contribution is 2.18. The van der Waals surface area contributed by atoms with E-state index < -0.39 is 6.03 Å². The summed E-state index contributed by atoms with van der Waals surface area (Å²) in [6, 6.07) is 10.4. The van der Waals surface area contributed by atoms with Crippen molar-refractivity contribution in [3.8, 4) is 11.8 Å². The van der Waals surface area contributed by atoms with E-state index in [-0.39, 0.29) is 12.6 Å². The molecule has 1 aromatic carbocycles. The van der Waals surface area contributed by atoms with E-state index in [2.05, 4.69) is 11.8 Å². The SMILES string of the molecule is CCOC(C#Cc1cccs1)c1ccc(CN(O)C(N)=O)cc1. The van der Waals surface area contributed by atoms with Gasteiger partial charge in [0.05, 0.1) is 11.4 Å². The van der Waals surface area contributed by atoms with Crippen molar-refractivity contribution in [1.82, 2.24) is 5.06 Å². The molecule has 0 bridgehead atoms. The summed E-state index contributed by atoms with van der Waals surface area (Å²) in [6.45, 7) is 2.51. The fourth-order valence-corrected chi connectivity index (χ4v) is 2.50. The van der Waals surface area contributed by atoms with E-state index in [1.165, 1.54) is 0 Å². The van der Waals surface area contributed by atoms with E-state index in [1.54, 1.807) is 23.5 Å². The Hall–Kier alpha value is -2.33. The molecule has 1 heterocycles. The van der Waals surface area contributed by atoms with Crippen LogP contribution in [0.15, 0.2) is 41.8 Å². The van der Waals surface area contributed by atoms with E-state index >= 15 is 0 Å². The van der Waals surface area contributed by atoms with Gasteiger partial charge in [-0.3, -0.25) is 5.21 Å². The lowest BCUT2D eigenvalue weighted by molar-refractivity contribution is -0.0470. The Labute approximate surface area is 139 Å². The van der Waals surface area contributed by atoms with Gasteiger partial charge in [0.2, 0.25) is 0 Å². The van der Waals surface area contributed by atoms with Gasteiger partial charge in [-0.15, -0.1) is 11.3 Å². The van der Waals surface area contributed by atoms with Gasteiger partial charge in [-0.05, 0) is 29.5 Å². The molecule has 120 valence electrons. The zero-order valence-electron chi connectivity index (χ0n) is 12.7. The Balaban J connectivity index is 2.12. The summed E-state index contributed by atoms with van der Waals surface area (Å²) in [6.07, 6.45) is -0.322. The van der Waals surface area contributed by atoms with Crippen LogP contribution in [0.25, 0.3) is 0 Å². The fraction of sp³-hybridized carbons (Fsp3) is 0.235. The van der Waals surface area contributed by atoms with Crippen LogP contribution < -0.4 is 5.73 Å². The van der Waals surface area contributed by atoms with Crippen LogP contribution in [0.3, 0.4) is 0 Å². The van der Waals surface area contributed by atoms with Crippen LogP contribution >= 0.6 is 11.3 Å². The highest BCUT2D eigenvalue weighted by atomic mass is 32.1. The monoisotopic (exact) mass is 330 g/mol. The fourth-order valence-electron chi connectivity index (χ4n) is 1.92. The number of primary amides is 1. The van der Waals surface area contributed by atoms with Crippen LogP contribution in [0.1, 0.15) is 29.0 Å². The number of rotatable bonds is 5. The third kappa shape index (κ3) is 5.11. The molecule has 0 saturated carbocycles. The van der Waals surface area contributed by atoms with Crippen molar-refractivity contribution in [2.75, 3.05) is 6.61 Å². The van der Waals surface area contributed by atoms with Gasteiger partial charge in [-0.25, -0.2) is 9.86 Å². The molecule has 0 aliphatic rings. The summed E-state index contributed by atoms with van der Waals surface area (Å²) in [7, 11) is 0. The second-order valence-electron chi connectivity index (χ2n) is 4.72. The van der Waals surface area contributed by atoms with Crippen molar-refractivity contribution < 1.29 is 14.7 Å². The number of hydrogen-bond donors (Lipinski definition) is 2. The van der Waals surface area contributed by atoms with E-state index in [1.807, 2.05) is 36.6 Å². The number of ether oxygens (including phenoxy) is 1. The van der Waals surface area contributed by atoms with E-state index in [0.717, 1.165) is 16.0 Å². The zero-order valence-corrected chi connectivity index (χ0v) is 13.5.